The van der Waals surface area contributed by atoms with Crippen LogP contribution in [-0.2, 0) is 11.2 Å². The highest BCUT2D eigenvalue weighted by molar-refractivity contribution is 5.94. The molecule has 0 N–H and O–H groups in total. The molecule has 0 bridgehead atoms. The third kappa shape index (κ3) is 3.06. The molecule has 0 aliphatic carbocycles. The van der Waals surface area contributed by atoms with Crippen LogP contribution in [0, 0.1) is 0 Å². The second-order valence-electron chi connectivity index (χ2n) is 5.01. The first kappa shape index (κ1) is 14.1. The Morgan fingerprint density at radius 2 is 1.68 bits per heavy atom. The van der Waals surface area contributed by atoms with E-state index in [1.54, 1.807) is 11.9 Å². The zero-order chi connectivity index (χ0) is 15.4. The number of amides is 1. The molecule has 4 nitrogen and oxygen atoms in total. The third-order valence-electron chi connectivity index (χ3n) is 3.47. The summed E-state index contributed by atoms with van der Waals surface area (Å²) >= 11 is 0. The average Bonchev–Trinajstić information content (AvgIpc) is 3.04. The van der Waals surface area contributed by atoms with Crippen molar-refractivity contribution in [3.8, 4) is 11.3 Å². The molecule has 0 unspecified atom stereocenters. The summed E-state index contributed by atoms with van der Waals surface area (Å²) in [4.78, 5) is 13.9. The molecule has 22 heavy (non-hydrogen) atoms. The summed E-state index contributed by atoms with van der Waals surface area (Å²) in [6, 6.07) is 21.1. The molecule has 0 spiro atoms. The van der Waals surface area contributed by atoms with Gasteiger partial charge in [0.1, 0.15) is 0 Å². The lowest BCUT2D eigenvalue weighted by molar-refractivity contribution is -0.117. The second-order valence-corrected chi connectivity index (χ2v) is 5.01. The van der Waals surface area contributed by atoms with E-state index in [-0.39, 0.29) is 12.3 Å². The number of para-hydroxylation sites is 1. The lowest BCUT2D eigenvalue weighted by atomic mass is 10.1. The first-order valence-corrected chi connectivity index (χ1v) is 7.06. The van der Waals surface area contributed by atoms with E-state index in [2.05, 4.69) is 5.16 Å². The summed E-state index contributed by atoms with van der Waals surface area (Å²) in [6.45, 7) is 0. The Labute approximate surface area is 129 Å². The third-order valence-corrected chi connectivity index (χ3v) is 3.47. The molecule has 3 aromatic rings. The van der Waals surface area contributed by atoms with E-state index in [4.69, 9.17) is 4.52 Å². The summed E-state index contributed by atoms with van der Waals surface area (Å²) in [7, 11) is 1.76. The van der Waals surface area contributed by atoms with Crippen LogP contribution in [0.5, 0.6) is 0 Å². The summed E-state index contributed by atoms with van der Waals surface area (Å²) < 4.78 is 5.32. The van der Waals surface area contributed by atoms with Crippen molar-refractivity contribution in [2.45, 2.75) is 6.42 Å². The fraction of sp³-hybridized carbons (Fsp3) is 0.111. The maximum absolute atomic E-state index is 12.3. The van der Waals surface area contributed by atoms with Crippen molar-refractivity contribution in [3.63, 3.8) is 0 Å². The number of carbonyl (C=O) groups excluding carboxylic acids is 1. The fourth-order valence-electron chi connectivity index (χ4n) is 2.20. The van der Waals surface area contributed by atoms with E-state index >= 15 is 0 Å². The summed E-state index contributed by atoms with van der Waals surface area (Å²) in [5, 5.41) is 3.99. The van der Waals surface area contributed by atoms with Crippen molar-refractivity contribution in [1.29, 1.82) is 0 Å². The van der Waals surface area contributed by atoms with Crippen LogP contribution in [0.25, 0.3) is 11.3 Å². The van der Waals surface area contributed by atoms with Gasteiger partial charge in [-0.15, -0.1) is 0 Å². The van der Waals surface area contributed by atoms with E-state index in [1.807, 2.05) is 66.7 Å². The highest BCUT2D eigenvalue weighted by Gasteiger charge is 2.15. The molecule has 1 heterocycles. The highest BCUT2D eigenvalue weighted by Crippen LogP contribution is 2.20. The predicted octanol–water partition coefficient (Wildman–Crippen LogP) is 3.55. The number of likely N-dealkylation sites (N-methyl/N-ethyl adjacent to an activating group) is 1. The largest absolute Gasteiger partial charge is 0.356 e. The Kier molecular flexibility index (Phi) is 4.01. The van der Waals surface area contributed by atoms with Gasteiger partial charge in [-0.1, -0.05) is 53.7 Å². The molecule has 0 saturated carbocycles. The van der Waals surface area contributed by atoms with Crippen molar-refractivity contribution in [1.82, 2.24) is 5.16 Å². The van der Waals surface area contributed by atoms with E-state index in [1.165, 1.54) is 0 Å². The van der Waals surface area contributed by atoms with Gasteiger partial charge in [-0.25, -0.2) is 0 Å². The van der Waals surface area contributed by atoms with Gasteiger partial charge in [0.25, 0.3) is 0 Å². The molecule has 0 saturated heterocycles. The Hall–Kier alpha value is -2.88. The van der Waals surface area contributed by atoms with Gasteiger partial charge in [-0.2, -0.15) is 0 Å². The molecule has 0 radical (unpaired) electrons. The topological polar surface area (TPSA) is 46.3 Å². The van der Waals surface area contributed by atoms with Crippen LogP contribution in [0.3, 0.4) is 0 Å². The predicted molar refractivity (Wildman–Crippen MR) is 85.5 cm³/mol. The molecule has 0 fully saturated rings. The van der Waals surface area contributed by atoms with Gasteiger partial charge in [0, 0.05) is 24.4 Å². The van der Waals surface area contributed by atoms with Crippen LogP contribution < -0.4 is 4.90 Å². The smallest absolute Gasteiger partial charge is 0.232 e. The van der Waals surface area contributed by atoms with Crippen molar-refractivity contribution < 1.29 is 9.32 Å². The Bertz CT molecular complexity index is 751. The van der Waals surface area contributed by atoms with Crippen LogP contribution in [0.1, 0.15) is 5.69 Å². The molecule has 0 atom stereocenters. The summed E-state index contributed by atoms with van der Waals surface area (Å²) in [5.74, 6) is 0.643. The Morgan fingerprint density at radius 3 is 2.36 bits per heavy atom. The SMILES string of the molecule is CN(C(=O)Cc1cc(-c2ccccc2)on1)c1ccccc1. The van der Waals surface area contributed by atoms with Crippen molar-refractivity contribution in [2.24, 2.45) is 0 Å². The average molecular weight is 292 g/mol. The standard InChI is InChI=1S/C18H16N2O2/c1-20(16-10-6-3-7-11-16)18(21)13-15-12-17(22-19-15)14-8-4-2-5-9-14/h2-12H,13H2,1H3. The van der Waals surface area contributed by atoms with Crippen LogP contribution in [0.2, 0.25) is 0 Å². The molecule has 2 aromatic carbocycles. The van der Waals surface area contributed by atoms with E-state index in [0.29, 0.717) is 11.5 Å². The minimum absolute atomic E-state index is 0.0286. The lowest BCUT2D eigenvalue weighted by Crippen LogP contribution is -2.27. The molecule has 3 rings (SSSR count). The van der Waals surface area contributed by atoms with Gasteiger partial charge in [-0.3, -0.25) is 4.79 Å². The molecule has 110 valence electrons. The zero-order valence-electron chi connectivity index (χ0n) is 12.3. The fourth-order valence-corrected chi connectivity index (χ4v) is 2.20. The minimum atomic E-state index is -0.0286. The van der Waals surface area contributed by atoms with Crippen molar-refractivity contribution in [2.75, 3.05) is 11.9 Å². The number of aromatic nitrogens is 1. The van der Waals surface area contributed by atoms with E-state index in [9.17, 15) is 4.79 Å². The monoisotopic (exact) mass is 292 g/mol. The highest BCUT2D eigenvalue weighted by atomic mass is 16.5. The van der Waals surface area contributed by atoms with Gasteiger partial charge in [0.2, 0.25) is 5.91 Å². The zero-order valence-corrected chi connectivity index (χ0v) is 12.3. The summed E-state index contributed by atoms with van der Waals surface area (Å²) in [6.07, 6.45) is 0.210. The van der Waals surface area contributed by atoms with Gasteiger partial charge in [-0.05, 0) is 12.1 Å². The first-order valence-electron chi connectivity index (χ1n) is 7.06. The van der Waals surface area contributed by atoms with E-state index < -0.39 is 0 Å². The number of carbonyl (C=O) groups is 1. The van der Waals surface area contributed by atoms with Gasteiger partial charge in [0.15, 0.2) is 5.76 Å². The number of hydrogen-bond acceptors (Lipinski definition) is 3. The number of benzene rings is 2. The molecule has 1 aromatic heterocycles. The lowest BCUT2D eigenvalue weighted by Gasteiger charge is -2.16. The molecule has 1 amide bonds. The second kappa shape index (κ2) is 6.26. The first-order chi connectivity index (χ1) is 10.7. The number of rotatable bonds is 4. The summed E-state index contributed by atoms with van der Waals surface area (Å²) in [5.41, 5.74) is 2.44. The quantitative estimate of drug-likeness (QED) is 0.739. The van der Waals surface area contributed by atoms with Gasteiger partial charge in [0.05, 0.1) is 12.1 Å². The molecular formula is C18H16N2O2. The molecular weight excluding hydrogens is 276 g/mol. The van der Waals surface area contributed by atoms with Crippen LogP contribution in [-0.4, -0.2) is 18.1 Å². The van der Waals surface area contributed by atoms with Crippen LogP contribution >= 0.6 is 0 Å². The maximum Gasteiger partial charge on any atom is 0.232 e. The van der Waals surface area contributed by atoms with Gasteiger partial charge < -0.3 is 9.42 Å². The van der Waals surface area contributed by atoms with Crippen molar-refractivity contribution >= 4 is 11.6 Å². The number of hydrogen-bond donors (Lipinski definition) is 0. The normalized spacial score (nSPS) is 10.4. The van der Waals surface area contributed by atoms with Gasteiger partial charge >= 0.3 is 0 Å². The van der Waals surface area contributed by atoms with E-state index in [0.717, 1.165) is 11.3 Å². The maximum atomic E-state index is 12.3. The minimum Gasteiger partial charge on any atom is -0.356 e. The molecule has 0 aliphatic heterocycles. The molecule has 0 aliphatic rings. The Balaban J connectivity index is 1.71. The van der Waals surface area contributed by atoms with Crippen molar-refractivity contribution in [3.05, 3.63) is 72.4 Å². The number of nitrogens with zero attached hydrogens (tertiary/aromatic N) is 2. The van der Waals surface area contributed by atoms with Crippen LogP contribution in [0.15, 0.2) is 71.3 Å². The van der Waals surface area contributed by atoms with Crippen LogP contribution in [0.4, 0.5) is 5.69 Å². The number of anilines is 1. The Morgan fingerprint density at radius 1 is 1.05 bits per heavy atom. The molecule has 4 heteroatoms.